The first-order chi connectivity index (χ1) is 13.5. The van der Waals surface area contributed by atoms with Crippen LogP contribution < -0.4 is 10.1 Å². The number of rotatable bonds is 5. The van der Waals surface area contributed by atoms with E-state index in [9.17, 15) is 13.2 Å². The number of ether oxygens (including phenoxy) is 1. The molecule has 1 saturated carbocycles. The number of benzene rings is 1. The quantitative estimate of drug-likeness (QED) is 0.590. The van der Waals surface area contributed by atoms with Crippen LogP contribution in [0.4, 0.5) is 24.0 Å². The molecule has 2 heterocycles. The van der Waals surface area contributed by atoms with Gasteiger partial charge in [-0.05, 0) is 43.9 Å². The lowest BCUT2D eigenvalue weighted by Gasteiger charge is -2.19. The van der Waals surface area contributed by atoms with Crippen molar-refractivity contribution in [2.75, 3.05) is 5.32 Å². The molecule has 5 nitrogen and oxygen atoms in total. The highest BCUT2D eigenvalue weighted by atomic mass is 32.1. The second-order valence-electron chi connectivity index (χ2n) is 6.49. The van der Waals surface area contributed by atoms with Crippen LogP contribution >= 0.6 is 11.3 Å². The molecule has 0 unspecified atom stereocenters. The van der Waals surface area contributed by atoms with Gasteiger partial charge in [0.1, 0.15) is 17.1 Å². The third-order valence-electron chi connectivity index (χ3n) is 4.46. The third kappa shape index (κ3) is 4.24. The van der Waals surface area contributed by atoms with Gasteiger partial charge in [-0.3, -0.25) is 9.97 Å². The Morgan fingerprint density at radius 2 is 1.93 bits per heavy atom. The zero-order valence-electron chi connectivity index (χ0n) is 14.7. The monoisotopic (exact) mass is 406 g/mol. The normalized spacial score (nSPS) is 15.0. The lowest BCUT2D eigenvalue weighted by atomic mass is 10.1. The number of nitrogens with zero attached hydrogens (tertiary/aromatic N) is 3. The largest absolute Gasteiger partial charge is 0.490 e. The van der Waals surface area contributed by atoms with Crippen molar-refractivity contribution in [1.82, 2.24) is 15.0 Å². The first-order valence-corrected chi connectivity index (χ1v) is 9.74. The molecule has 28 heavy (non-hydrogen) atoms. The minimum atomic E-state index is -4.50. The summed E-state index contributed by atoms with van der Waals surface area (Å²) in [5.74, 6) is -0.121. The van der Waals surface area contributed by atoms with Crippen LogP contribution in [0.25, 0.3) is 11.4 Å². The van der Waals surface area contributed by atoms with E-state index in [-0.39, 0.29) is 11.9 Å². The van der Waals surface area contributed by atoms with Crippen molar-refractivity contribution in [3.63, 3.8) is 0 Å². The summed E-state index contributed by atoms with van der Waals surface area (Å²) in [6.07, 6.45) is 3.61. The molecular weight excluding hydrogens is 389 g/mol. The van der Waals surface area contributed by atoms with Crippen molar-refractivity contribution in [2.45, 2.75) is 38.0 Å². The molecule has 0 bridgehead atoms. The molecule has 1 aliphatic rings. The van der Waals surface area contributed by atoms with E-state index >= 15 is 0 Å². The number of aromatic nitrogens is 3. The lowest BCUT2D eigenvalue weighted by molar-refractivity contribution is -0.139. The van der Waals surface area contributed by atoms with E-state index in [1.54, 1.807) is 30.0 Å². The van der Waals surface area contributed by atoms with Crippen LogP contribution in [0.15, 0.2) is 42.2 Å². The fourth-order valence-electron chi connectivity index (χ4n) is 3.12. The van der Waals surface area contributed by atoms with Gasteiger partial charge in [0.25, 0.3) is 0 Å². The fourth-order valence-corrected chi connectivity index (χ4v) is 3.85. The summed E-state index contributed by atoms with van der Waals surface area (Å²) in [5.41, 5.74) is 0.724. The highest BCUT2D eigenvalue weighted by Crippen LogP contribution is 2.40. The van der Waals surface area contributed by atoms with Gasteiger partial charge in [-0.1, -0.05) is 0 Å². The number of nitrogens with one attached hydrogen (secondary N) is 1. The minimum absolute atomic E-state index is 0.121. The zero-order chi connectivity index (χ0) is 19.6. The van der Waals surface area contributed by atoms with Crippen LogP contribution in [0, 0.1) is 0 Å². The maximum absolute atomic E-state index is 13.5. The summed E-state index contributed by atoms with van der Waals surface area (Å²) in [5, 5.41) is 5.17. The second kappa shape index (κ2) is 7.75. The van der Waals surface area contributed by atoms with E-state index in [1.165, 1.54) is 17.4 Å². The van der Waals surface area contributed by atoms with E-state index in [2.05, 4.69) is 20.3 Å². The predicted octanol–water partition coefficient (Wildman–Crippen LogP) is 5.68. The Morgan fingerprint density at radius 1 is 1.11 bits per heavy atom. The number of halogens is 3. The van der Waals surface area contributed by atoms with Crippen molar-refractivity contribution in [2.24, 2.45) is 0 Å². The van der Waals surface area contributed by atoms with Crippen molar-refractivity contribution >= 4 is 22.2 Å². The summed E-state index contributed by atoms with van der Waals surface area (Å²) in [6, 6.07) is 4.01. The summed E-state index contributed by atoms with van der Waals surface area (Å²) in [4.78, 5) is 12.5. The SMILES string of the molecule is FC(F)(F)c1cc(Nc2nc(-c3cnccn3)cs2)ccc1OC1CCCC1. The van der Waals surface area contributed by atoms with Crippen LogP contribution in [-0.2, 0) is 6.18 Å². The maximum atomic E-state index is 13.5. The Hall–Kier alpha value is -2.68. The van der Waals surface area contributed by atoms with E-state index in [4.69, 9.17) is 4.74 Å². The molecule has 1 aromatic carbocycles. The lowest BCUT2D eigenvalue weighted by Crippen LogP contribution is -2.15. The Labute approximate surface area is 163 Å². The first-order valence-electron chi connectivity index (χ1n) is 8.86. The molecule has 0 saturated heterocycles. The van der Waals surface area contributed by atoms with Gasteiger partial charge in [-0.15, -0.1) is 11.3 Å². The third-order valence-corrected chi connectivity index (χ3v) is 5.22. The summed E-state index contributed by atoms with van der Waals surface area (Å²) >= 11 is 1.28. The van der Waals surface area contributed by atoms with E-state index in [1.807, 2.05) is 0 Å². The molecule has 0 aliphatic heterocycles. The molecule has 3 aromatic rings. The van der Waals surface area contributed by atoms with Gasteiger partial charge in [0.05, 0.1) is 17.9 Å². The van der Waals surface area contributed by atoms with Gasteiger partial charge in [0.2, 0.25) is 0 Å². The maximum Gasteiger partial charge on any atom is 0.420 e. The molecule has 0 radical (unpaired) electrons. The van der Waals surface area contributed by atoms with E-state index in [0.717, 1.165) is 31.7 Å². The molecular formula is C19H17F3N4OS. The number of alkyl halides is 3. The Morgan fingerprint density at radius 3 is 2.64 bits per heavy atom. The van der Waals surface area contributed by atoms with Gasteiger partial charge in [-0.25, -0.2) is 4.98 Å². The standard InChI is InChI=1S/C19H17F3N4OS/c20-19(21,22)14-9-12(5-6-17(14)27-13-3-1-2-4-13)25-18-26-16(11-28-18)15-10-23-7-8-24-15/h5-11,13H,1-4H2,(H,25,26). The molecule has 4 rings (SSSR count). The smallest absolute Gasteiger partial charge is 0.420 e. The number of hydrogen-bond donors (Lipinski definition) is 1. The van der Waals surface area contributed by atoms with Gasteiger partial charge >= 0.3 is 6.18 Å². The van der Waals surface area contributed by atoms with Crippen molar-refractivity contribution in [3.8, 4) is 17.1 Å². The van der Waals surface area contributed by atoms with Crippen LogP contribution in [0.2, 0.25) is 0 Å². The number of thiazole rings is 1. The van der Waals surface area contributed by atoms with Gasteiger partial charge < -0.3 is 10.1 Å². The Bertz CT molecular complexity index is 940. The van der Waals surface area contributed by atoms with Crippen molar-refractivity contribution in [3.05, 3.63) is 47.7 Å². The molecule has 1 fully saturated rings. The van der Waals surface area contributed by atoms with Crippen LogP contribution in [0.5, 0.6) is 5.75 Å². The fraction of sp³-hybridized carbons (Fsp3) is 0.316. The van der Waals surface area contributed by atoms with Crippen LogP contribution in [-0.4, -0.2) is 21.1 Å². The molecule has 0 atom stereocenters. The highest BCUT2D eigenvalue weighted by molar-refractivity contribution is 7.14. The van der Waals surface area contributed by atoms with Crippen molar-refractivity contribution in [1.29, 1.82) is 0 Å². The summed E-state index contributed by atoms with van der Waals surface area (Å²) < 4.78 is 46.2. The first kappa shape index (κ1) is 18.7. The molecule has 9 heteroatoms. The van der Waals surface area contributed by atoms with Crippen LogP contribution in [0.1, 0.15) is 31.2 Å². The topological polar surface area (TPSA) is 59.9 Å². The summed E-state index contributed by atoms with van der Waals surface area (Å²) in [6.45, 7) is 0. The minimum Gasteiger partial charge on any atom is -0.490 e. The average molecular weight is 406 g/mol. The van der Waals surface area contributed by atoms with Gasteiger partial charge in [-0.2, -0.15) is 13.2 Å². The van der Waals surface area contributed by atoms with E-state index in [0.29, 0.717) is 22.2 Å². The average Bonchev–Trinajstić information content (AvgIpc) is 3.35. The molecule has 1 N–H and O–H groups in total. The van der Waals surface area contributed by atoms with E-state index < -0.39 is 11.7 Å². The zero-order valence-corrected chi connectivity index (χ0v) is 15.6. The molecule has 1 aliphatic carbocycles. The van der Waals surface area contributed by atoms with Crippen molar-refractivity contribution < 1.29 is 17.9 Å². The van der Waals surface area contributed by atoms with Gasteiger partial charge in [0, 0.05) is 23.5 Å². The summed E-state index contributed by atoms with van der Waals surface area (Å²) in [7, 11) is 0. The molecule has 0 amide bonds. The second-order valence-corrected chi connectivity index (χ2v) is 7.34. The van der Waals surface area contributed by atoms with Crippen LogP contribution in [0.3, 0.4) is 0 Å². The highest BCUT2D eigenvalue weighted by Gasteiger charge is 2.35. The number of anilines is 2. The Kier molecular flexibility index (Phi) is 5.17. The molecule has 146 valence electrons. The van der Waals surface area contributed by atoms with Gasteiger partial charge in [0.15, 0.2) is 5.13 Å². The number of hydrogen-bond acceptors (Lipinski definition) is 6. The predicted molar refractivity (Wildman–Crippen MR) is 101 cm³/mol. The molecule has 0 spiro atoms. The molecule has 2 aromatic heterocycles. The Balaban J connectivity index is 1.56.